The summed E-state index contributed by atoms with van der Waals surface area (Å²) in [7, 11) is 0. The number of nitrogens with zero attached hydrogens (tertiary/aromatic N) is 2. The van der Waals surface area contributed by atoms with Crippen LogP contribution >= 0.6 is 0 Å². The van der Waals surface area contributed by atoms with E-state index in [4.69, 9.17) is 5.11 Å². The number of hydrogen-bond acceptors (Lipinski definition) is 3. The van der Waals surface area contributed by atoms with E-state index in [9.17, 15) is 9.18 Å². The van der Waals surface area contributed by atoms with Gasteiger partial charge in [-0.1, -0.05) is 0 Å². The van der Waals surface area contributed by atoms with Crippen LogP contribution < -0.4 is 0 Å². The molecule has 0 aliphatic heterocycles. The summed E-state index contributed by atoms with van der Waals surface area (Å²) in [5, 5.41) is 15.4. The highest BCUT2D eigenvalue weighted by Crippen LogP contribution is 2.23. The maximum absolute atomic E-state index is 13.3. The van der Waals surface area contributed by atoms with Gasteiger partial charge in [-0.15, -0.1) is 0 Å². The molecule has 3 N–H and O–H groups in total. The molecule has 6 nitrogen and oxygen atoms in total. The van der Waals surface area contributed by atoms with Crippen LogP contribution in [0.3, 0.4) is 0 Å². The van der Waals surface area contributed by atoms with Crippen LogP contribution in [0.1, 0.15) is 10.4 Å². The van der Waals surface area contributed by atoms with E-state index in [0.29, 0.717) is 16.9 Å². The molecule has 0 bridgehead atoms. The third kappa shape index (κ3) is 1.53. The summed E-state index contributed by atoms with van der Waals surface area (Å²) in [6.07, 6.45) is 3.14. The average molecular weight is 246 g/mol. The molecule has 7 heteroatoms. The quantitative estimate of drug-likeness (QED) is 0.642. The molecule has 90 valence electrons. The van der Waals surface area contributed by atoms with Crippen molar-refractivity contribution in [1.29, 1.82) is 0 Å². The fourth-order valence-corrected chi connectivity index (χ4v) is 1.76. The molecule has 0 spiro atoms. The van der Waals surface area contributed by atoms with Crippen molar-refractivity contribution in [2.45, 2.75) is 0 Å². The smallest absolute Gasteiger partial charge is 0.338 e. The van der Waals surface area contributed by atoms with Gasteiger partial charge >= 0.3 is 5.97 Å². The van der Waals surface area contributed by atoms with E-state index in [1.807, 2.05) is 0 Å². The number of imidazole rings is 1. The van der Waals surface area contributed by atoms with Crippen LogP contribution in [0.25, 0.3) is 22.4 Å². The Balaban J connectivity index is 2.29. The molecule has 0 radical (unpaired) electrons. The van der Waals surface area contributed by atoms with Crippen molar-refractivity contribution < 1.29 is 14.3 Å². The first-order valence-corrected chi connectivity index (χ1v) is 5.07. The molecule has 2 heterocycles. The molecule has 2 aromatic heterocycles. The van der Waals surface area contributed by atoms with Crippen LogP contribution in [0, 0.1) is 5.82 Å². The Labute approximate surface area is 99.5 Å². The third-order valence-electron chi connectivity index (χ3n) is 2.55. The van der Waals surface area contributed by atoms with Gasteiger partial charge in [0.1, 0.15) is 17.2 Å². The van der Waals surface area contributed by atoms with Crippen molar-refractivity contribution in [2.75, 3.05) is 0 Å². The highest BCUT2D eigenvalue weighted by atomic mass is 19.1. The van der Waals surface area contributed by atoms with E-state index in [0.717, 1.165) is 6.07 Å². The lowest BCUT2D eigenvalue weighted by molar-refractivity contribution is 0.0698. The number of H-pyrrole nitrogens is 2. The van der Waals surface area contributed by atoms with E-state index < -0.39 is 11.8 Å². The maximum Gasteiger partial charge on any atom is 0.338 e. The number of aromatic carboxylic acids is 1. The number of halogens is 1. The SMILES string of the molecule is O=C(O)c1cc(F)cc2[nH]c(-c3cn[nH]c3)nc12. The number of aromatic nitrogens is 4. The number of nitrogens with one attached hydrogen (secondary N) is 2. The van der Waals surface area contributed by atoms with Gasteiger partial charge < -0.3 is 10.1 Å². The predicted molar refractivity (Wildman–Crippen MR) is 60.6 cm³/mol. The first-order chi connectivity index (χ1) is 8.65. The first-order valence-electron chi connectivity index (χ1n) is 5.07. The lowest BCUT2D eigenvalue weighted by atomic mass is 10.2. The Kier molecular flexibility index (Phi) is 2.12. The molecule has 0 saturated carbocycles. The normalized spacial score (nSPS) is 10.9. The molecule has 0 fully saturated rings. The van der Waals surface area contributed by atoms with Crippen molar-refractivity contribution in [3.63, 3.8) is 0 Å². The number of carboxylic acid groups (broad SMARTS) is 1. The Hall–Kier alpha value is -2.70. The van der Waals surface area contributed by atoms with Crippen LogP contribution in [0.15, 0.2) is 24.5 Å². The zero-order valence-electron chi connectivity index (χ0n) is 8.94. The summed E-state index contributed by atoms with van der Waals surface area (Å²) in [6.45, 7) is 0. The second-order valence-electron chi connectivity index (χ2n) is 3.73. The summed E-state index contributed by atoms with van der Waals surface area (Å²) in [5.74, 6) is -1.40. The van der Waals surface area contributed by atoms with Crippen LogP contribution in [-0.2, 0) is 0 Å². The number of rotatable bonds is 2. The van der Waals surface area contributed by atoms with Crippen molar-refractivity contribution in [3.05, 3.63) is 35.9 Å². The van der Waals surface area contributed by atoms with Crippen LogP contribution in [0.4, 0.5) is 4.39 Å². The van der Waals surface area contributed by atoms with Gasteiger partial charge in [-0.05, 0) is 12.1 Å². The minimum Gasteiger partial charge on any atom is -0.478 e. The van der Waals surface area contributed by atoms with Gasteiger partial charge in [0.2, 0.25) is 0 Å². The monoisotopic (exact) mass is 246 g/mol. The molecule has 0 unspecified atom stereocenters. The van der Waals surface area contributed by atoms with E-state index >= 15 is 0 Å². The van der Waals surface area contributed by atoms with Crippen LogP contribution in [0.5, 0.6) is 0 Å². The largest absolute Gasteiger partial charge is 0.478 e. The Morgan fingerprint density at radius 1 is 1.39 bits per heavy atom. The zero-order valence-corrected chi connectivity index (χ0v) is 8.94. The van der Waals surface area contributed by atoms with E-state index in [1.54, 1.807) is 6.20 Å². The average Bonchev–Trinajstić information content (AvgIpc) is 2.95. The van der Waals surface area contributed by atoms with Crippen LogP contribution in [-0.4, -0.2) is 31.2 Å². The lowest BCUT2D eigenvalue weighted by Gasteiger charge is -1.95. The Morgan fingerprint density at radius 3 is 2.89 bits per heavy atom. The first kappa shape index (κ1) is 10.5. The molecular weight excluding hydrogens is 239 g/mol. The highest BCUT2D eigenvalue weighted by molar-refractivity contribution is 6.01. The molecule has 1 aromatic carbocycles. The highest BCUT2D eigenvalue weighted by Gasteiger charge is 2.15. The molecule has 3 rings (SSSR count). The lowest BCUT2D eigenvalue weighted by Crippen LogP contribution is -1.98. The third-order valence-corrected chi connectivity index (χ3v) is 2.55. The van der Waals surface area contributed by atoms with Gasteiger partial charge in [-0.25, -0.2) is 14.2 Å². The van der Waals surface area contributed by atoms with Crippen molar-refractivity contribution in [2.24, 2.45) is 0 Å². The second kappa shape index (κ2) is 3.66. The summed E-state index contributed by atoms with van der Waals surface area (Å²) in [4.78, 5) is 18.0. The van der Waals surface area contributed by atoms with Gasteiger partial charge in [0.15, 0.2) is 0 Å². The number of carboxylic acids is 1. The molecule has 0 saturated heterocycles. The molecule has 0 amide bonds. The number of fused-ring (bicyclic) bond motifs is 1. The van der Waals surface area contributed by atoms with E-state index in [2.05, 4.69) is 20.2 Å². The molecule has 18 heavy (non-hydrogen) atoms. The number of hydrogen-bond donors (Lipinski definition) is 3. The molecule has 0 atom stereocenters. The van der Waals surface area contributed by atoms with Gasteiger partial charge in [0, 0.05) is 6.20 Å². The van der Waals surface area contributed by atoms with E-state index in [-0.39, 0.29) is 11.1 Å². The van der Waals surface area contributed by atoms with Gasteiger partial charge in [0.25, 0.3) is 0 Å². The van der Waals surface area contributed by atoms with Crippen LogP contribution in [0.2, 0.25) is 0 Å². The van der Waals surface area contributed by atoms with Crippen molar-refractivity contribution >= 4 is 17.0 Å². The minimum atomic E-state index is -1.22. The Bertz CT molecular complexity index is 733. The van der Waals surface area contributed by atoms with Gasteiger partial charge in [0.05, 0.1) is 22.8 Å². The van der Waals surface area contributed by atoms with E-state index in [1.165, 1.54) is 12.3 Å². The maximum atomic E-state index is 13.3. The summed E-state index contributed by atoms with van der Waals surface area (Å²) >= 11 is 0. The van der Waals surface area contributed by atoms with Crippen molar-refractivity contribution in [1.82, 2.24) is 20.2 Å². The standard InChI is InChI=1S/C11H7FN4O2/c12-6-1-7(11(17)18)9-8(2-6)15-10(16-9)5-3-13-14-4-5/h1-4H,(H,13,14)(H,15,16)(H,17,18). The van der Waals surface area contributed by atoms with Crippen molar-refractivity contribution in [3.8, 4) is 11.4 Å². The molecular formula is C11H7FN4O2. The minimum absolute atomic E-state index is 0.170. The molecule has 3 aromatic rings. The number of benzene rings is 1. The topological polar surface area (TPSA) is 94.7 Å². The number of carbonyl (C=O) groups is 1. The van der Waals surface area contributed by atoms with Gasteiger partial charge in [-0.2, -0.15) is 5.10 Å². The number of aromatic amines is 2. The zero-order chi connectivity index (χ0) is 12.7. The fraction of sp³-hybridized carbons (Fsp3) is 0. The summed E-state index contributed by atoms with van der Waals surface area (Å²) in [5.41, 5.74) is 1.06. The molecule has 0 aliphatic rings. The summed E-state index contributed by atoms with van der Waals surface area (Å²) in [6, 6.07) is 2.16. The predicted octanol–water partition coefficient (Wildman–Crippen LogP) is 1.79. The molecule has 0 aliphatic carbocycles. The Morgan fingerprint density at radius 2 is 2.22 bits per heavy atom. The fourth-order valence-electron chi connectivity index (χ4n) is 1.76. The summed E-state index contributed by atoms with van der Waals surface area (Å²) < 4.78 is 13.3. The van der Waals surface area contributed by atoms with Gasteiger partial charge in [-0.3, -0.25) is 5.10 Å². The second-order valence-corrected chi connectivity index (χ2v) is 3.73.